The van der Waals surface area contributed by atoms with Gasteiger partial charge >= 0.3 is 0 Å². The summed E-state index contributed by atoms with van der Waals surface area (Å²) in [7, 11) is 0. The number of hydrogen-bond acceptors (Lipinski definition) is 3. The van der Waals surface area contributed by atoms with E-state index >= 15 is 0 Å². The van der Waals surface area contributed by atoms with Crippen LogP contribution in [0.2, 0.25) is 0 Å². The van der Waals surface area contributed by atoms with Gasteiger partial charge in [-0.2, -0.15) is 0 Å². The van der Waals surface area contributed by atoms with Crippen molar-refractivity contribution in [3.63, 3.8) is 0 Å². The second kappa shape index (κ2) is 6.12. The maximum absolute atomic E-state index is 5.56. The Balaban J connectivity index is 2.00. The molecule has 1 fully saturated rings. The summed E-state index contributed by atoms with van der Waals surface area (Å²) in [6, 6.07) is 10.8. The highest BCUT2D eigenvalue weighted by Crippen LogP contribution is 2.41. The number of aryl methyl sites for hydroxylation is 1. The quantitative estimate of drug-likeness (QED) is 0.867. The summed E-state index contributed by atoms with van der Waals surface area (Å²) < 4.78 is 0. The van der Waals surface area contributed by atoms with Gasteiger partial charge in [0.15, 0.2) is 5.11 Å². The maximum atomic E-state index is 5.56. The first-order valence-electron chi connectivity index (χ1n) is 7.25. The molecule has 0 bridgehead atoms. The SMILES string of the molecule is CCCN1C(=S)N[C@H](c2ccccn2)[C@@H]1c1ccc(C)s1. The fraction of sp³-hybridized carbons (Fsp3) is 0.375. The van der Waals surface area contributed by atoms with Gasteiger partial charge < -0.3 is 10.2 Å². The first kappa shape index (κ1) is 14.5. The van der Waals surface area contributed by atoms with Crippen LogP contribution in [0.25, 0.3) is 0 Å². The van der Waals surface area contributed by atoms with E-state index < -0.39 is 0 Å². The van der Waals surface area contributed by atoms with Gasteiger partial charge in [0.05, 0.1) is 17.8 Å². The molecular formula is C16H19N3S2. The zero-order valence-corrected chi connectivity index (χ0v) is 13.9. The molecule has 3 nitrogen and oxygen atoms in total. The molecule has 0 aliphatic carbocycles. The highest BCUT2D eigenvalue weighted by atomic mass is 32.1. The van der Waals surface area contributed by atoms with Crippen molar-refractivity contribution in [1.29, 1.82) is 0 Å². The number of thiocarbonyl (C=S) groups is 1. The van der Waals surface area contributed by atoms with Crippen LogP contribution in [0, 0.1) is 6.92 Å². The van der Waals surface area contributed by atoms with Crippen molar-refractivity contribution in [2.24, 2.45) is 0 Å². The Hall–Kier alpha value is -1.46. The van der Waals surface area contributed by atoms with E-state index in [0.717, 1.165) is 23.8 Å². The van der Waals surface area contributed by atoms with Crippen molar-refractivity contribution in [3.8, 4) is 0 Å². The number of aromatic nitrogens is 1. The van der Waals surface area contributed by atoms with Crippen LogP contribution in [0.5, 0.6) is 0 Å². The molecule has 110 valence electrons. The van der Waals surface area contributed by atoms with Crippen LogP contribution in [0.15, 0.2) is 36.5 Å². The summed E-state index contributed by atoms with van der Waals surface area (Å²) >= 11 is 7.40. The monoisotopic (exact) mass is 317 g/mol. The molecule has 0 aromatic carbocycles. The smallest absolute Gasteiger partial charge is 0.170 e. The van der Waals surface area contributed by atoms with Gasteiger partial charge in [0.2, 0.25) is 0 Å². The van der Waals surface area contributed by atoms with Gasteiger partial charge in [-0.25, -0.2) is 0 Å². The first-order chi connectivity index (χ1) is 10.2. The standard InChI is InChI=1S/C16H19N3S2/c1-3-10-19-15(13-8-7-11(2)21-13)14(18-16(19)20)12-6-4-5-9-17-12/h4-9,14-15H,3,10H2,1-2H3,(H,18,20)/t14-,15+/m1/s1. The second-order valence-electron chi connectivity index (χ2n) is 5.27. The zero-order chi connectivity index (χ0) is 14.8. The third-order valence-electron chi connectivity index (χ3n) is 3.71. The van der Waals surface area contributed by atoms with Gasteiger partial charge in [-0.15, -0.1) is 11.3 Å². The van der Waals surface area contributed by atoms with Gasteiger partial charge in [0.25, 0.3) is 0 Å². The minimum Gasteiger partial charge on any atom is -0.352 e. The maximum Gasteiger partial charge on any atom is 0.170 e. The average molecular weight is 317 g/mol. The molecule has 1 aliphatic heterocycles. The highest BCUT2D eigenvalue weighted by molar-refractivity contribution is 7.80. The third kappa shape index (κ3) is 2.80. The lowest BCUT2D eigenvalue weighted by molar-refractivity contribution is 0.322. The summed E-state index contributed by atoms with van der Waals surface area (Å²) in [5.74, 6) is 0. The number of rotatable bonds is 4. The Morgan fingerprint density at radius 1 is 1.33 bits per heavy atom. The minimum absolute atomic E-state index is 0.128. The number of thiophene rings is 1. The van der Waals surface area contributed by atoms with E-state index in [1.807, 2.05) is 29.7 Å². The molecule has 3 heterocycles. The lowest BCUT2D eigenvalue weighted by atomic mass is 10.0. The third-order valence-corrected chi connectivity index (χ3v) is 5.14. The van der Waals surface area contributed by atoms with Crippen LogP contribution < -0.4 is 5.32 Å². The van der Waals surface area contributed by atoms with E-state index in [-0.39, 0.29) is 12.1 Å². The number of nitrogens with zero attached hydrogens (tertiary/aromatic N) is 2. The normalized spacial score (nSPS) is 21.6. The molecule has 2 aromatic rings. The van der Waals surface area contributed by atoms with Crippen LogP contribution in [0.1, 0.15) is 40.9 Å². The summed E-state index contributed by atoms with van der Waals surface area (Å²) in [5.41, 5.74) is 1.05. The van der Waals surface area contributed by atoms with Gasteiger partial charge in [-0.05, 0) is 49.8 Å². The topological polar surface area (TPSA) is 28.2 Å². The van der Waals surface area contributed by atoms with E-state index in [9.17, 15) is 0 Å². The fourth-order valence-corrected chi connectivity index (χ4v) is 4.17. The molecule has 0 spiro atoms. The predicted molar refractivity (Wildman–Crippen MR) is 91.5 cm³/mol. The second-order valence-corrected chi connectivity index (χ2v) is 6.97. The van der Waals surface area contributed by atoms with Crippen LogP contribution >= 0.6 is 23.6 Å². The number of hydrogen-bond donors (Lipinski definition) is 1. The molecule has 2 aromatic heterocycles. The van der Waals surface area contributed by atoms with E-state index in [1.54, 1.807) is 0 Å². The Bertz CT molecular complexity index is 623. The van der Waals surface area contributed by atoms with Crippen LogP contribution in [-0.4, -0.2) is 21.5 Å². The molecule has 0 radical (unpaired) electrons. The van der Waals surface area contributed by atoms with Crippen molar-refractivity contribution < 1.29 is 0 Å². The average Bonchev–Trinajstić information content (AvgIpc) is 3.05. The first-order valence-corrected chi connectivity index (χ1v) is 8.47. The van der Waals surface area contributed by atoms with Crippen molar-refractivity contribution in [1.82, 2.24) is 15.2 Å². The highest BCUT2D eigenvalue weighted by Gasteiger charge is 2.39. The molecule has 1 N–H and O–H groups in total. The molecule has 0 saturated carbocycles. The molecule has 5 heteroatoms. The van der Waals surface area contributed by atoms with Crippen LogP contribution in [0.3, 0.4) is 0 Å². The predicted octanol–water partition coefficient (Wildman–Crippen LogP) is 3.83. The summed E-state index contributed by atoms with van der Waals surface area (Å²) in [6.07, 6.45) is 2.93. The van der Waals surface area contributed by atoms with E-state index in [4.69, 9.17) is 12.2 Å². The van der Waals surface area contributed by atoms with Crippen molar-refractivity contribution in [3.05, 3.63) is 52.0 Å². The number of nitrogens with one attached hydrogen (secondary N) is 1. The van der Waals surface area contributed by atoms with Gasteiger partial charge in [0.1, 0.15) is 0 Å². The Labute approximate surface area is 135 Å². The summed E-state index contributed by atoms with van der Waals surface area (Å²) in [5, 5.41) is 4.30. The Kier molecular flexibility index (Phi) is 4.22. The van der Waals surface area contributed by atoms with E-state index in [2.05, 4.69) is 47.2 Å². The van der Waals surface area contributed by atoms with Crippen molar-refractivity contribution >= 4 is 28.7 Å². The summed E-state index contributed by atoms with van der Waals surface area (Å²) in [6.45, 7) is 5.30. The lowest BCUT2D eigenvalue weighted by Crippen LogP contribution is -2.29. The fourth-order valence-electron chi connectivity index (χ4n) is 2.81. The van der Waals surface area contributed by atoms with Gasteiger partial charge in [-0.3, -0.25) is 4.98 Å². The largest absolute Gasteiger partial charge is 0.352 e. The van der Waals surface area contributed by atoms with Crippen LogP contribution in [-0.2, 0) is 0 Å². The summed E-state index contributed by atoms with van der Waals surface area (Å²) in [4.78, 5) is 9.52. The van der Waals surface area contributed by atoms with E-state index in [0.29, 0.717) is 0 Å². The molecule has 0 unspecified atom stereocenters. The Morgan fingerprint density at radius 3 is 2.81 bits per heavy atom. The molecule has 1 saturated heterocycles. The van der Waals surface area contributed by atoms with E-state index in [1.165, 1.54) is 9.75 Å². The Morgan fingerprint density at radius 2 is 2.19 bits per heavy atom. The number of pyridine rings is 1. The van der Waals surface area contributed by atoms with Crippen molar-refractivity contribution in [2.75, 3.05) is 6.54 Å². The minimum atomic E-state index is 0.128. The molecular weight excluding hydrogens is 298 g/mol. The molecule has 2 atom stereocenters. The molecule has 0 amide bonds. The van der Waals surface area contributed by atoms with Crippen molar-refractivity contribution in [2.45, 2.75) is 32.4 Å². The molecule has 1 aliphatic rings. The molecule has 21 heavy (non-hydrogen) atoms. The van der Waals surface area contributed by atoms with Gasteiger partial charge in [-0.1, -0.05) is 13.0 Å². The van der Waals surface area contributed by atoms with Crippen LogP contribution in [0.4, 0.5) is 0 Å². The lowest BCUT2D eigenvalue weighted by Gasteiger charge is -2.26. The molecule has 3 rings (SSSR count). The zero-order valence-electron chi connectivity index (χ0n) is 12.2. The van der Waals surface area contributed by atoms with Gasteiger partial charge in [0, 0.05) is 22.5 Å².